The Morgan fingerprint density at radius 3 is 2.38 bits per heavy atom. The van der Waals surface area contributed by atoms with Crippen LogP contribution in [0.3, 0.4) is 0 Å². The van der Waals surface area contributed by atoms with Gasteiger partial charge in [-0.05, 0) is 24.6 Å². The van der Waals surface area contributed by atoms with Gasteiger partial charge in [-0.2, -0.15) is 0 Å². The maximum Gasteiger partial charge on any atom is 0.119 e. The van der Waals surface area contributed by atoms with Crippen molar-refractivity contribution >= 4 is 0 Å². The third-order valence-corrected chi connectivity index (χ3v) is 2.36. The molecule has 0 aliphatic carbocycles. The lowest BCUT2D eigenvalue weighted by molar-refractivity contribution is 0.0535. The van der Waals surface area contributed by atoms with Crippen LogP contribution in [-0.4, -0.2) is 36.6 Å². The average Bonchev–Trinajstić information content (AvgIpc) is 2.35. The number of methoxy groups -OCH3 is 1. The number of benzene rings is 1. The van der Waals surface area contributed by atoms with E-state index in [0.717, 1.165) is 5.56 Å². The first-order chi connectivity index (χ1) is 7.67. The summed E-state index contributed by atoms with van der Waals surface area (Å²) in [6.45, 7) is 1.76. The summed E-state index contributed by atoms with van der Waals surface area (Å²) < 4.78 is 10.5. The van der Waals surface area contributed by atoms with Gasteiger partial charge < -0.3 is 19.7 Å². The van der Waals surface area contributed by atoms with E-state index in [-0.39, 0.29) is 19.3 Å². The Morgan fingerprint density at radius 2 is 1.88 bits per heavy atom. The Balaban J connectivity index is 2.51. The van der Waals surface area contributed by atoms with Crippen molar-refractivity contribution in [2.24, 2.45) is 0 Å². The zero-order valence-corrected chi connectivity index (χ0v) is 9.59. The molecule has 4 nitrogen and oxygen atoms in total. The lowest BCUT2D eigenvalue weighted by Gasteiger charge is -2.12. The summed E-state index contributed by atoms with van der Waals surface area (Å²) >= 11 is 0. The Bertz CT molecular complexity index is 296. The Morgan fingerprint density at radius 1 is 1.25 bits per heavy atom. The van der Waals surface area contributed by atoms with E-state index in [2.05, 4.69) is 0 Å². The number of rotatable bonds is 6. The van der Waals surface area contributed by atoms with Crippen LogP contribution in [0.4, 0.5) is 0 Å². The molecule has 0 heterocycles. The second kappa shape index (κ2) is 6.48. The third-order valence-electron chi connectivity index (χ3n) is 2.36. The lowest BCUT2D eigenvalue weighted by Crippen LogP contribution is -2.21. The van der Waals surface area contributed by atoms with E-state index in [1.54, 1.807) is 7.11 Å². The number of aliphatic hydroxyl groups is 2. The summed E-state index contributed by atoms with van der Waals surface area (Å²) in [6, 6.07) is 7.45. The van der Waals surface area contributed by atoms with Gasteiger partial charge in [0.15, 0.2) is 0 Å². The van der Waals surface area contributed by atoms with Crippen molar-refractivity contribution in [2.45, 2.75) is 19.1 Å². The topological polar surface area (TPSA) is 58.9 Å². The van der Waals surface area contributed by atoms with Crippen molar-refractivity contribution in [2.75, 3.05) is 20.3 Å². The van der Waals surface area contributed by atoms with Crippen molar-refractivity contribution < 1.29 is 19.7 Å². The number of aliphatic hydroxyl groups excluding tert-OH is 2. The van der Waals surface area contributed by atoms with Gasteiger partial charge in [0.25, 0.3) is 0 Å². The second-order valence-electron chi connectivity index (χ2n) is 3.59. The minimum atomic E-state index is -0.836. The van der Waals surface area contributed by atoms with E-state index in [1.807, 2.05) is 31.2 Å². The summed E-state index contributed by atoms with van der Waals surface area (Å²) in [6.07, 6.45) is -0.783. The molecule has 0 aliphatic rings. The number of hydrogen-bond acceptors (Lipinski definition) is 4. The van der Waals surface area contributed by atoms with E-state index < -0.39 is 6.10 Å². The third kappa shape index (κ3) is 3.81. The molecule has 0 spiro atoms. The molecule has 0 saturated carbocycles. The smallest absolute Gasteiger partial charge is 0.119 e. The number of hydrogen-bond donors (Lipinski definition) is 2. The van der Waals surface area contributed by atoms with Crippen LogP contribution in [0.15, 0.2) is 24.3 Å². The molecule has 4 heteroatoms. The maximum atomic E-state index is 9.11. The molecule has 0 aliphatic heterocycles. The van der Waals surface area contributed by atoms with Gasteiger partial charge in [0.2, 0.25) is 0 Å². The molecular weight excluding hydrogens is 208 g/mol. The highest BCUT2D eigenvalue weighted by molar-refractivity contribution is 5.28. The predicted octanol–water partition coefficient (Wildman–Crippen LogP) is 1.13. The van der Waals surface area contributed by atoms with Crippen molar-refractivity contribution in [3.8, 4) is 5.75 Å². The molecule has 0 saturated heterocycles. The second-order valence-corrected chi connectivity index (χ2v) is 3.59. The van der Waals surface area contributed by atoms with Crippen molar-refractivity contribution in [1.82, 2.24) is 0 Å². The van der Waals surface area contributed by atoms with Crippen LogP contribution in [0.2, 0.25) is 0 Å². The average molecular weight is 226 g/mol. The van der Waals surface area contributed by atoms with Crippen LogP contribution < -0.4 is 4.74 Å². The molecule has 0 bridgehead atoms. The largest absolute Gasteiger partial charge is 0.491 e. The molecule has 0 radical (unpaired) electrons. The molecule has 90 valence electrons. The van der Waals surface area contributed by atoms with Gasteiger partial charge in [0, 0.05) is 7.11 Å². The fourth-order valence-electron chi connectivity index (χ4n) is 1.22. The van der Waals surface area contributed by atoms with Gasteiger partial charge in [-0.25, -0.2) is 0 Å². The van der Waals surface area contributed by atoms with Crippen molar-refractivity contribution in [3.05, 3.63) is 29.8 Å². The lowest BCUT2D eigenvalue weighted by atomic mass is 10.1. The maximum absolute atomic E-state index is 9.11. The quantitative estimate of drug-likeness (QED) is 0.763. The number of ether oxygens (including phenoxy) is 2. The zero-order chi connectivity index (χ0) is 12.0. The summed E-state index contributed by atoms with van der Waals surface area (Å²) in [5.41, 5.74) is 1.07. The summed E-state index contributed by atoms with van der Waals surface area (Å²) in [5, 5.41) is 17.7. The van der Waals surface area contributed by atoms with Crippen LogP contribution >= 0.6 is 0 Å². The molecular formula is C12H18O4. The van der Waals surface area contributed by atoms with Gasteiger partial charge in [-0.15, -0.1) is 0 Å². The fourth-order valence-corrected chi connectivity index (χ4v) is 1.22. The fraction of sp³-hybridized carbons (Fsp3) is 0.500. The van der Waals surface area contributed by atoms with E-state index in [0.29, 0.717) is 5.75 Å². The summed E-state index contributed by atoms with van der Waals surface area (Å²) in [7, 11) is 1.66. The molecule has 0 amide bonds. The molecule has 0 aromatic heterocycles. The molecule has 2 N–H and O–H groups in total. The zero-order valence-electron chi connectivity index (χ0n) is 9.59. The van der Waals surface area contributed by atoms with Crippen LogP contribution in [0.5, 0.6) is 5.75 Å². The van der Waals surface area contributed by atoms with Crippen LogP contribution in [0.25, 0.3) is 0 Å². The van der Waals surface area contributed by atoms with Gasteiger partial charge in [-0.1, -0.05) is 12.1 Å². The molecule has 1 aromatic carbocycles. The van der Waals surface area contributed by atoms with E-state index in [9.17, 15) is 0 Å². The summed E-state index contributed by atoms with van der Waals surface area (Å²) in [4.78, 5) is 0. The summed E-state index contributed by atoms with van der Waals surface area (Å²) in [5.74, 6) is 0.666. The minimum absolute atomic E-state index is 0.0529. The van der Waals surface area contributed by atoms with Crippen LogP contribution in [0.1, 0.15) is 18.6 Å². The van der Waals surface area contributed by atoms with E-state index in [1.165, 1.54) is 0 Å². The first-order valence-electron chi connectivity index (χ1n) is 5.22. The molecule has 2 atom stereocenters. The molecule has 1 unspecified atom stereocenters. The first kappa shape index (κ1) is 13.0. The first-order valence-corrected chi connectivity index (χ1v) is 5.22. The van der Waals surface area contributed by atoms with Crippen LogP contribution in [0, 0.1) is 0 Å². The van der Waals surface area contributed by atoms with Gasteiger partial charge in [0.1, 0.15) is 18.5 Å². The molecule has 16 heavy (non-hydrogen) atoms. The highest BCUT2D eigenvalue weighted by Gasteiger charge is 2.05. The monoisotopic (exact) mass is 226 g/mol. The predicted molar refractivity (Wildman–Crippen MR) is 60.5 cm³/mol. The SMILES string of the molecule is COC(C)c1ccc(OC[C@@H](O)CO)cc1. The molecule has 1 aromatic rings. The normalized spacial score (nSPS) is 14.5. The van der Waals surface area contributed by atoms with Crippen molar-refractivity contribution in [3.63, 3.8) is 0 Å². The molecule has 0 fully saturated rings. The van der Waals surface area contributed by atoms with Gasteiger partial charge in [0.05, 0.1) is 12.7 Å². The van der Waals surface area contributed by atoms with Crippen molar-refractivity contribution in [1.29, 1.82) is 0 Å². The van der Waals surface area contributed by atoms with E-state index in [4.69, 9.17) is 19.7 Å². The van der Waals surface area contributed by atoms with Gasteiger partial charge >= 0.3 is 0 Å². The molecule has 1 rings (SSSR count). The highest BCUT2D eigenvalue weighted by atomic mass is 16.5. The van der Waals surface area contributed by atoms with E-state index >= 15 is 0 Å². The minimum Gasteiger partial charge on any atom is -0.491 e. The van der Waals surface area contributed by atoms with Crippen LogP contribution in [-0.2, 0) is 4.74 Å². The van der Waals surface area contributed by atoms with Gasteiger partial charge in [-0.3, -0.25) is 0 Å². The Hall–Kier alpha value is -1.10. The standard InChI is InChI=1S/C12H18O4/c1-9(15-2)10-3-5-12(6-4-10)16-8-11(14)7-13/h3-6,9,11,13-14H,7-8H2,1-2H3/t9?,11-/m0/s1. The highest BCUT2D eigenvalue weighted by Crippen LogP contribution is 2.19. The Labute approximate surface area is 95.4 Å². The Kier molecular flexibility index (Phi) is 5.25.